The third kappa shape index (κ3) is 3.79. The van der Waals surface area contributed by atoms with Gasteiger partial charge in [-0.25, -0.2) is 0 Å². The van der Waals surface area contributed by atoms with Crippen LogP contribution in [0.25, 0.3) is 0 Å². The summed E-state index contributed by atoms with van der Waals surface area (Å²) < 4.78 is 0. The summed E-state index contributed by atoms with van der Waals surface area (Å²) >= 11 is 0. The van der Waals surface area contributed by atoms with Crippen LogP contribution in [-0.2, 0) is 6.54 Å². The van der Waals surface area contributed by atoms with Crippen LogP contribution in [-0.4, -0.2) is 29.2 Å². The van der Waals surface area contributed by atoms with Crippen LogP contribution in [0.1, 0.15) is 37.8 Å². The number of hydrogen-bond donors (Lipinski definition) is 1. The second kappa shape index (κ2) is 5.73. The molecule has 1 N–H and O–H groups in total. The first-order valence-electron chi connectivity index (χ1n) is 6.88. The Balaban J connectivity index is 2.12. The van der Waals surface area contributed by atoms with Crippen LogP contribution in [0, 0.1) is 16.7 Å². The Morgan fingerprint density at radius 1 is 1.42 bits per heavy atom. The minimum atomic E-state index is -0.203. The minimum absolute atomic E-state index is 0.123. The predicted molar refractivity (Wildman–Crippen MR) is 75.5 cm³/mol. The summed E-state index contributed by atoms with van der Waals surface area (Å²) in [5.74, 6) is 0. The lowest BCUT2D eigenvalue weighted by atomic mass is 9.87. The third-order valence-corrected chi connectivity index (χ3v) is 3.75. The van der Waals surface area contributed by atoms with Crippen LogP contribution >= 0.6 is 0 Å². The first kappa shape index (κ1) is 14.0. The van der Waals surface area contributed by atoms with E-state index in [0.717, 1.165) is 43.6 Å². The van der Waals surface area contributed by atoms with E-state index in [1.54, 1.807) is 0 Å². The second-order valence-electron chi connectivity index (χ2n) is 6.29. The highest BCUT2D eigenvalue weighted by atomic mass is 16.3. The number of aliphatic hydroxyl groups is 1. The molecule has 1 fully saturated rings. The van der Waals surface area contributed by atoms with Gasteiger partial charge in [0.2, 0.25) is 0 Å². The van der Waals surface area contributed by atoms with Gasteiger partial charge in [0.15, 0.2) is 0 Å². The lowest BCUT2D eigenvalue weighted by molar-refractivity contribution is 0.121. The number of aliphatic hydroxyl groups excluding tert-OH is 1. The van der Waals surface area contributed by atoms with Crippen molar-refractivity contribution in [2.75, 3.05) is 13.1 Å². The molecule has 0 radical (unpaired) electrons. The van der Waals surface area contributed by atoms with Gasteiger partial charge in [0, 0.05) is 19.6 Å². The minimum Gasteiger partial charge on any atom is -0.393 e. The Hall–Kier alpha value is -1.37. The lowest BCUT2D eigenvalue weighted by Gasteiger charge is -2.29. The zero-order chi connectivity index (χ0) is 13.9. The van der Waals surface area contributed by atoms with Gasteiger partial charge in [-0.1, -0.05) is 32.0 Å². The monoisotopic (exact) mass is 258 g/mol. The maximum absolute atomic E-state index is 9.93. The highest BCUT2D eigenvalue weighted by Crippen LogP contribution is 2.29. The molecule has 1 heterocycles. The van der Waals surface area contributed by atoms with Gasteiger partial charge in [-0.3, -0.25) is 4.90 Å². The van der Waals surface area contributed by atoms with Gasteiger partial charge in [-0.05, 0) is 29.9 Å². The molecule has 1 aromatic rings. The number of benzene rings is 1. The van der Waals surface area contributed by atoms with Gasteiger partial charge in [0.05, 0.1) is 17.7 Å². The van der Waals surface area contributed by atoms with Gasteiger partial charge in [-0.15, -0.1) is 0 Å². The SMILES string of the molecule is CC1(C)C[C@H](O)CCN(Cc2ccccc2C#N)C1. The highest BCUT2D eigenvalue weighted by molar-refractivity contribution is 5.37. The molecule has 0 amide bonds. The molecular formula is C16H22N2O. The van der Waals surface area contributed by atoms with Crippen molar-refractivity contribution in [2.24, 2.45) is 5.41 Å². The van der Waals surface area contributed by atoms with Crippen molar-refractivity contribution < 1.29 is 5.11 Å². The summed E-state index contributed by atoms with van der Waals surface area (Å²) in [4.78, 5) is 2.35. The fourth-order valence-electron chi connectivity index (χ4n) is 2.96. The summed E-state index contributed by atoms with van der Waals surface area (Å²) in [5.41, 5.74) is 1.96. The maximum Gasteiger partial charge on any atom is 0.0995 e. The number of nitrogens with zero attached hydrogens (tertiary/aromatic N) is 2. The van der Waals surface area contributed by atoms with Gasteiger partial charge in [0.1, 0.15) is 0 Å². The van der Waals surface area contributed by atoms with Crippen molar-refractivity contribution in [1.82, 2.24) is 4.90 Å². The van der Waals surface area contributed by atoms with Gasteiger partial charge in [-0.2, -0.15) is 5.26 Å². The molecule has 0 aliphatic carbocycles. The van der Waals surface area contributed by atoms with E-state index in [4.69, 9.17) is 5.26 Å². The van der Waals surface area contributed by atoms with Crippen LogP contribution in [0.2, 0.25) is 0 Å². The zero-order valence-electron chi connectivity index (χ0n) is 11.8. The average Bonchev–Trinajstić information content (AvgIpc) is 2.47. The van der Waals surface area contributed by atoms with Crippen LogP contribution in [0.3, 0.4) is 0 Å². The molecule has 1 saturated heterocycles. The quantitative estimate of drug-likeness (QED) is 0.886. The summed E-state index contributed by atoms with van der Waals surface area (Å²) in [6.45, 7) is 7.05. The summed E-state index contributed by atoms with van der Waals surface area (Å²) in [6.07, 6.45) is 1.47. The van der Waals surface area contributed by atoms with Crippen LogP contribution in [0.15, 0.2) is 24.3 Å². The van der Waals surface area contributed by atoms with Crippen LogP contribution < -0.4 is 0 Å². The Labute approximate surface area is 115 Å². The summed E-state index contributed by atoms with van der Waals surface area (Å²) in [6, 6.07) is 10.0. The topological polar surface area (TPSA) is 47.3 Å². The average molecular weight is 258 g/mol. The van der Waals surface area contributed by atoms with E-state index < -0.39 is 0 Å². The fourth-order valence-corrected chi connectivity index (χ4v) is 2.96. The van der Waals surface area contributed by atoms with Crippen molar-refractivity contribution in [3.8, 4) is 6.07 Å². The first-order valence-corrected chi connectivity index (χ1v) is 6.88. The Morgan fingerprint density at radius 2 is 2.16 bits per heavy atom. The van der Waals surface area contributed by atoms with E-state index >= 15 is 0 Å². The standard InChI is InChI=1S/C16H22N2O/c1-16(2)9-15(19)7-8-18(12-16)11-14-6-4-3-5-13(14)10-17/h3-6,15,19H,7-9,11-12H2,1-2H3/t15-/m1/s1. The maximum atomic E-state index is 9.93. The summed E-state index contributed by atoms with van der Waals surface area (Å²) in [7, 11) is 0. The molecule has 1 atom stereocenters. The van der Waals surface area contributed by atoms with Crippen molar-refractivity contribution in [1.29, 1.82) is 5.26 Å². The van der Waals surface area contributed by atoms with E-state index in [-0.39, 0.29) is 11.5 Å². The van der Waals surface area contributed by atoms with Crippen LogP contribution in [0.5, 0.6) is 0 Å². The van der Waals surface area contributed by atoms with E-state index in [1.807, 2.05) is 24.3 Å². The molecule has 2 rings (SSSR count). The molecule has 1 aliphatic heterocycles. The summed E-state index contributed by atoms with van der Waals surface area (Å²) in [5, 5.41) is 19.1. The Bertz CT molecular complexity index is 476. The molecule has 102 valence electrons. The molecular weight excluding hydrogens is 236 g/mol. The molecule has 19 heavy (non-hydrogen) atoms. The second-order valence-corrected chi connectivity index (χ2v) is 6.29. The van der Waals surface area contributed by atoms with E-state index in [0.29, 0.717) is 0 Å². The van der Waals surface area contributed by atoms with E-state index in [9.17, 15) is 5.11 Å². The van der Waals surface area contributed by atoms with E-state index in [1.165, 1.54) is 0 Å². The molecule has 0 saturated carbocycles. The van der Waals surface area contributed by atoms with Gasteiger partial charge < -0.3 is 5.11 Å². The Morgan fingerprint density at radius 3 is 2.89 bits per heavy atom. The van der Waals surface area contributed by atoms with Gasteiger partial charge in [0.25, 0.3) is 0 Å². The number of nitriles is 1. The largest absolute Gasteiger partial charge is 0.393 e. The van der Waals surface area contributed by atoms with Crippen molar-refractivity contribution in [2.45, 2.75) is 39.3 Å². The molecule has 3 heteroatoms. The number of likely N-dealkylation sites (tertiary alicyclic amines) is 1. The highest BCUT2D eigenvalue weighted by Gasteiger charge is 2.29. The van der Waals surface area contributed by atoms with Crippen molar-refractivity contribution in [3.63, 3.8) is 0 Å². The smallest absolute Gasteiger partial charge is 0.0995 e. The van der Waals surface area contributed by atoms with Crippen LogP contribution in [0.4, 0.5) is 0 Å². The molecule has 3 nitrogen and oxygen atoms in total. The molecule has 1 aromatic carbocycles. The third-order valence-electron chi connectivity index (χ3n) is 3.75. The van der Waals surface area contributed by atoms with Crippen molar-refractivity contribution >= 4 is 0 Å². The molecule has 0 bridgehead atoms. The normalized spacial score (nSPS) is 23.6. The molecule has 0 unspecified atom stereocenters. The first-order chi connectivity index (χ1) is 9.00. The molecule has 0 spiro atoms. The Kier molecular flexibility index (Phi) is 4.24. The fraction of sp³-hybridized carbons (Fsp3) is 0.562. The molecule has 1 aliphatic rings. The van der Waals surface area contributed by atoms with Crippen molar-refractivity contribution in [3.05, 3.63) is 35.4 Å². The molecule has 0 aromatic heterocycles. The van der Waals surface area contributed by atoms with Gasteiger partial charge >= 0.3 is 0 Å². The number of rotatable bonds is 2. The number of hydrogen-bond acceptors (Lipinski definition) is 3. The zero-order valence-corrected chi connectivity index (χ0v) is 11.8. The lowest BCUT2D eigenvalue weighted by Crippen LogP contribution is -2.32. The van der Waals surface area contributed by atoms with E-state index in [2.05, 4.69) is 24.8 Å². The predicted octanol–water partition coefficient (Wildman–Crippen LogP) is 2.54.